The van der Waals surface area contributed by atoms with Crippen LogP contribution >= 0.6 is 11.3 Å². The minimum Gasteiger partial charge on any atom is -0.478 e. The fourth-order valence-corrected chi connectivity index (χ4v) is 6.63. The first kappa shape index (κ1) is 40.1. The molecule has 0 aliphatic heterocycles. The molecule has 2 atom stereocenters. The Labute approximate surface area is 303 Å². The maximum atomic E-state index is 11.0. The van der Waals surface area contributed by atoms with Gasteiger partial charge in [0.1, 0.15) is 6.61 Å². The summed E-state index contributed by atoms with van der Waals surface area (Å²) in [5, 5.41) is 17.8. The van der Waals surface area contributed by atoms with Crippen LogP contribution in [0.25, 0.3) is 0 Å². The van der Waals surface area contributed by atoms with Gasteiger partial charge in [0.2, 0.25) is 5.88 Å². The highest BCUT2D eigenvalue weighted by molar-refractivity contribution is 7.09. The number of hydrogen-bond acceptors (Lipinski definition) is 7. The van der Waals surface area contributed by atoms with E-state index in [9.17, 15) is 4.79 Å². The fraction of sp³-hybridized carbons (Fsp3) is 0.452. The van der Waals surface area contributed by atoms with Gasteiger partial charge in [-0.25, -0.2) is 9.78 Å². The van der Waals surface area contributed by atoms with Crippen molar-refractivity contribution in [2.75, 3.05) is 0 Å². The molecule has 0 amide bonds. The van der Waals surface area contributed by atoms with Gasteiger partial charge in [-0.05, 0) is 118 Å². The summed E-state index contributed by atoms with van der Waals surface area (Å²) in [5.41, 5.74) is 8.93. The third kappa shape index (κ3) is 14.2. The lowest BCUT2D eigenvalue weighted by atomic mass is 9.80. The predicted molar refractivity (Wildman–Crippen MR) is 206 cm³/mol. The van der Waals surface area contributed by atoms with Crippen molar-refractivity contribution in [2.45, 2.75) is 112 Å². The molecule has 1 N–H and O–H groups in total. The topological polar surface area (TPSA) is 108 Å². The first-order valence-corrected chi connectivity index (χ1v) is 18.8. The van der Waals surface area contributed by atoms with Gasteiger partial charge in [0.05, 0.1) is 28.4 Å². The normalized spacial score (nSPS) is 16.0. The van der Waals surface area contributed by atoms with Gasteiger partial charge in [0.25, 0.3) is 0 Å². The molecule has 5 rings (SSSR count). The van der Waals surface area contributed by atoms with Crippen molar-refractivity contribution in [1.29, 1.82) is 5.26 Å². The summed E-state index contributed by atoms with van der Waals surface area (Å²) in [4.78, 5) is 25.5. The molecule has 7 nitrogen and oxygen atoms in total. The number of carboxylic acid groups (broad SMARTS) is 1. The third-order valence-electron chi connectivity index (χ3n) is 9.07. The minimum atomic E-state index is -0.885. The van der Waals surface area contributed by atoms with E-state index in [1.54, 1.807) is 29.5 Å². The molecule has 1 fully saturated rings. The lowest BCUT2D eigenvalue weighted by molar-refractivity contribution is 0.0696. The van der Waals surface area contributed by atoms with E-state index < -0.39 is 5.97 Å². The van der Waals surface area contributed by atoms with E-state index in [1.807, 2.05) is 68.9 Å². The number of rotatable bonds is 10. The van der Waals surface area contributed by atoms with Crippen molar-refractivity contribution in [1.82, 2.24) is 9.97 Å². The number of ether oxygens (including phenoxy) is 1. The summed E-state index contributed by atoms with van der Waals surface area (Å²) in [7, 11) is 0. The Morgan fingerprint density at radius 2 is 1.82 bits per heavy atom. The van der Waals surface area contributed by atoms with E-state index in [4.69, 9.17) is 20.1 Å². The number of aryl methyl sites for hydroxylation is 4. The van der Waals surface area contributed by atoms with Crippen molar-refractivity contribution in [3.05, 3.63) is 105 Å². The second-order valence-electron chi connectivity index (χ2n) is 13.3. The predicted octanol–water partition coefficient (Wildman–Crippen LogP) is 11.4. The van der Waals surface area contributed by atoms with Crippen molar-refractivity contribution in [3.8, 4) is 11.9 Å². The van der Waals surface area contributed by atoms with Gasteiger partial charge in [0, 0.05) is 28.5 Å². The van der Waals surface area contributed by atoms with Gasteiger partial charge in [0.15, 0.2) is 0 Å². The fourth-order valence-electron chi connectivity index (χ4n) is 5.99. The number of aromatic carboxylic acids is 1. The second kappa shape index (κ2) is 21.7. The van der Waals surface area contributed by atoms with Crippen LogP contribution in [-0.4, -0.2) is 26.8 Å². The molecule has 50 heavy (non-hydrogen) atoms. The summed E-state index contributed by atoms with van der Waals surface area (Å²) in [6, 6.07) is 18.6. The van der Waals surface area contributed by atoms with Crippen molar-refractivity contribution >= 4 is 28.7 Å². The molecule has 1 aliphatic carbocycles. The average Bonchev–Trinajstić information content (AvgIpc) is 3.62. The Balaban J connectivity index is 0.000000221. The van der Waals surface area contributed by atoms with E-state index in [0.29, 0.717) is 23.6 Å². The number of pyridine rings is 1. The van der Waals surface area contributed by atoms with Gasteiger partial charge in [-0.15, -0.1) is 11.3 Å². The largest absolute Gasteiger partial charge is 0.478 e. The van der Waals surface area contributed by atoms with Crippen molar-refractivity contribution < 1.29 is 14.6 Å². The van der Waals surface area contributed by atoms with Gasteiger partial charge in [-0.1, -0.05) is 64.5 Å². The van der Waals surface area contributed by atoms with Crippen LogP contribution in [0.15, 0.2) is 71.3 Å². The zero-order chi connectivity index (χ0) is 36.3. The van der Waals surface area contributed by atoms with Crippen LogP contribution in [0.5, 0.6) is 5.88 Å². The molecule has 8 heteroatoms. The van der Waals surface area contributed by atoms with Crippen LogP contribution in [0.2, 0.25) is 0 Å². The Hall–Kier alpha value is -4.35. The Morgan fingerprint density at radius 1 is 1.04 bits per heavy atom. The maximum Gasteiger partial charge on any atom is 0.335 e. The van der Waals surface area contributed by atoms with Crippen molar-refractivity contribution in [2.24, 2.45) is 16.8 Å². The van der Waals surface area contributed by atoms with E-state index in [0.717, 1.165) is 52.0 Å². The van der Waals surface area contributed by atoms with Gasteiger partial charge in [-0.2, -0.15) is 5.26 Å². The summed E-state index contributed by atoms with van der Waals surface area (Å²) >= 11 is 1.75. The molecule has 266 valence electrons. The molecule has 1 aliphatic rings. The first-order valence-electron chi connectivity index (χ1n) is 17.9. The number of thiazole rings is 1. The molecule has 4 aromatic rings. The van der Waals surface area contributed by atoms with Crippen LogP contribution in [0.1, 0.15) is 122 Å². The highest BCUT2D eigenvalue weighted by Crippen LogP contribution is 2.31. The molecule has 2 heterocycles. The van der Waals surface area contributed by atoms with Crippen LogP contribution in [0.3, 0.4) is 0 Å². The smallest absolute Gasteiger partial charge is 0.335 e. The van der Waals surface area contributed by atoms with Gasteiger partial charge < -0.3 is 9.84 Å². The van der Waals surface area contributed by atoms with E-state index in [2.05, 4.69) is 36.8 Å². The maximum absolute atomic E-state index is 11.0. The zero-order valence-corrected chi connectivity index (χ0v) is 31.6. The van der Waals surface area contributed by atoms with Crippen molar-refractivity contribution in [3.63, 3.8) is 0 Å². The van der Waals surface area contributed by atoms with E-state index in [1.165, 1.54) is 62.7 Å². The van der Waals surface area contributed by atoms with Crippen LogP contribution in [0, 0.1) is 43.9 Å². The molecule has 0 radical (unpaired) electrons. The van der Waals surface area contributed by atoms with E-state index >= 15 is 0 Å². The molecule has 0 bridgehead atoms. The third-order valence-corrected chi connectivity index (χ3v) is 9.91. The lowest BCUT2D eigenvalue weighted by Gasteiger charge is -2.26. The number of aliphatic imine (C=N–C) groups is 1. The van der Waals surface area contributed by atoms with Gasteiger partial charge >= 0.3 is 5.97 Å². The number of nitrogens with zero attached hydrogens (tertiary/aromatic N) is 4. The highest BCUT2D eigenvalue weighted by atomic mass is 32.1. The molecule has 2 aromatic heterocycles. The molecule has 2 unspecified atom stereocenters. The minimum absolute atomic E-state index is 0.327. The quantitative estimate of drug-likeness (QED) is 0.166. The Bertz CT molecular complexity index is 1690. The van der Waals surface area contributed by atoms with Crippen LogP contribution in [0.4, 0.5) is 5.69 Å². The Kier molecular flexibility index (Phi) is 17.4. The molecule has 0 saturated heterocycles. The number of benzene rings is 2. The number of carboxylic acids is 1. The average molecular weight is 695 g/mol. The molecule has 0 spiro atoms. The SMILES string of the molecule is CC(CC1CCCCCCC1C)=Nc1ccc(C(=O)O)cc1C.CCCCc1cncs1.Cc1cccc(OCc2ccc(C#N)cc2C)n1. The Morgan fingerprint density at radius 3 is 2.46 bits per heavy atom. The highest BCUT2D eigenvalue weighted by Gasteiger charge is 2.20. The molecular weight excluding hydrogens is 641 g/mol. The van der Waals surface area contributed by atoms with Crippen LogP contribution < -0.4 is 4.74 Å². The summed E-state index contributed by atoms with van der Waals surface area (Å²) in [5.74, 6) is 1.25. The number of nitriles is 1. The standard InChI is InChI=1S/C20H29NO2.C15H14N2O.C7H11NS/c1-14-8-6-4-5-7-9-17(14)13-16(3)21-19-11-10-18(20(22)23)12-15(19)2;1-11-8-13(9-16)6-7-14(11)10-18-15-5-3-4-12(2)17-15;1-2-3-4-7-5-8-6-9-7/h10-12,14,17H,4-9,13H2,1-3H3,(H,22,23);3-8H,10H2,1-2H3;5-6H,2-4H2,1H3. The molecule has 2 aromatic carbocycles. The van der Waals surface area contributed by atoms with Crippen LogP contribution in [-0.2, 0) is 13.0 Å². The first-order chi connectivity index (χ1) is 24.1. The van der Waals surface area contributed by atoms with E-state index in [-0.39, 0.29) is 0 Å². The lowest BCUT2D eigenvalue weighted by Crippen LogP contribution is -2.17. The summed E-state index contributed by atoms with van der Waals surface area (Å²) in [6.45, 7) is 13.0. The number of aromatic nitrogens is 2. The summed E-state index contributed by atoms with van der Waals surface area (Å²) < 4.78 is 5.63. The monoisotopic (exact) mass is 694 g/mol. The summed E-state index contributed by atoms with van der Waals surface area (Å²) in [6.07, 6.45) is 14.9. The number of carbonyl (C=O) groups is 1. The molecule has 1 saturated carbocycles. The number of hydrogen-bond donors (Lipinski definition) is 1. The molecular formula is C42H54N4O3S. The number of unbranched alkanes of at least 4 members (excludes halogenated alkanes) is 1. The zero-order valence-electron chi connectivity index (χ0n) is 30.7. The van der Waals surface area contributed by atoms with Gasteiger partial charge in [-0.3, -0.25) is 9.98 Å². The second-order valence-corrected chi connectivity index (χ2v) is 14.3.